The Labute approximate surface area is 557 Å². The van der Waals surface area contributed by atoms with Gasteiger partial charge in [0.25, 0.3) is 0 Å². The monoisotopic (exact) mass is 1310 g/mol. The summed E-state index contributed by atoms with van der Waals surface area (Å²) < 4.78 is 34.3. The molecule has 3 saturated heterocycles. The van der Waals surface area contributed by atoms with Crippen LogP contribution in [0.4, 0.5) is 0 Å². The van der Waals surface area contributed by atoms with Crippen molar-refractivity contribution in [2.24, 2.45) is 0 Å². The summed E-state index contributed by atoms with van der Waals surface area (Å²) in [4.78, 5) is 13.4. The molecule has 532 valence electrons. The van der Waals surface area contributed by atoms with E-state index >= 15 is 0 Å². The van der Waals surface area contributed by atoms with Gasteiger partial charge in [0.15, 0.2) is 18.9 Å². The van der Waals surface area contributed by atoms with Crippen molar-refractivity contribution in [1.82, 2.24) is 5.32 Å². The van der Waals surface area contributed by atoms with Gasteiger partial charge in [0.2, 0.25) is 5.91 Å². The summed E-state index contributed by atoms with van der Waals surface area (Å²) in [5.74, 6) is -0.338. The van der Waals surface area contributed by atoms with Crippen molar-refractivity contribution in [3.63, 3.8) is 0 Å². The molecular weight excluding hydrogens is 1190 g/mol. The van der Waals surface area contributed by atoms with Crippen LogP contribution in [0.2, 0.25) is 0 Å². The van der Waals surface area contributed by atoms with Gasteiger partial charge >= 0.3 is 0 Å². The smallest absolute Gasteiger partial charge is 0.220 e. The van der Waals surface area contributed by atoms with E-state index in [9.17, 15) is 61.0 Å². The second kappa shape index (κ2) is 54.2. The molecule has 0 aromatic carbocycles. The summed E-state index contributed by atoms with van der Waals surface area (Å²) in [6.45, 7) is 1.57. The first kappa shape index (κ1) is 83.4. The van der Waals surface area contributed by atoms with E-state index in [0.717, 1.165) is 83.5 Å². The van der Waals surface area contributed by atoms with Crippen molar-refractivity contribution in [3.05, 3.63) is 122 Å². The molecule has 19 heteroatoms. The van der Waals surface area contributed by atoms with Crippen molar-refractivity contribution in [2.75, 3.05) is 26.4 Å². The molecule has 0 spiro atoms. The van der Waals surface area contributed by atoms with Crippen LogP contribution >= 0.6 is 0 Å². The van der Waals surface area contributed by atoms with E-state index in [1.807, 2.05) is 12.2 Å². The largest absolute Gasteiger partial charge is 0.394 e. The maximum absolute atomic E-state index is 13.4. The van der Waals surface area contributed by atoms with E-state index < -0.39 is 124 Å². The summed E-state index contributed by atoms with van der Waals surface area (Å²) in [6, 6.07) is -1.01. The van der Waals surface area contributed by atoms with Crippen LogP contribution in [0.25, 0.3) is 0 Å². The van der Waals surface area contributed by atoms with Crippen molar-refractivity contribution in [3.8, 4) is 0 Å². The molecule has 1 amide bonds. The number of amides is 1. The number of aliphatic hydroxyl groups excluding tert-OH is 11. The zero-order valence-corrected chi connectivity index (χ0v) is 56.2. The van der Waals surface area contributed by atoms with Crippen molar-refractivity contribution >= 4 is 5.91 Å². The molecule has 17 unspecified atom stereocenters. The van der Waals surface area contributed by atoms with Gasteiger partial charge in [-0.3, -0.25) is 4.79 Å². The van der Waals surface area contributed by atoms with Crippen molar-refractivity contribution < 1.29 is 89.4 Å². The minimum Gasteiger partial charge on any atom is -0.394 e. The number of carbonyl (C=O) groups excluding carboxylic acids is 1. The first-order valence-corrected chi connectivity index (χ1v) is 35.3. The molecule has 3 aliphatic heterocycles. The minimum absolute atomic E-state index is 0.155. The summed E-state index contributed by atoms with van der Waals surface area (Å²) in [6.07, 6.45) is 47.4. The number of unbranched alkanes of at least 4 members (excludes halogenated alkanes) is 18. The van der Waals surface area contributed by atoms with E-state index in [-0.39, 0.29) is 18.9 Å². The summed E-state index contributed by atoms with van der Waals surface area (Å²) in [5.41, 5.74) is 0. The van der Waals surface area contributed by atoms with Crippen molar-refractivity contribution in [2.45, 2.75) is 311 Å². The predicted molar refractivity (Wildman–Crippen MR) is 364 cm³/mol. The average molecular weight is 1310 g/mol. The molecule has 3 heterocycles. The number of rotatable bonds is 52. The van der Waals surface area contributed by atoms with Crippen LogP contribution in [0.5, 0.6) is 0 Å². The lowest BCUT2D eigenvalue weighted by atomic mass is 9.96. The first-order chi connectivity index (χ1) is 45.3. The van der Waals surface area contributed by atoms with E-state index in [1.165, 1.54) is 89.9 Å². The summed E-state index contributed by atoms with van der Waals surface area (Å²) in [7, 11) is 0. The maximum Gasteiger partial charge on any atom is 0.220 e. The van der Waals surface area contributed by atoms with Crippen LogP contribution in [-0.4, -0.2) is 193 Å². The summed E-state index contributed by atoms with van der Waals surface area (Å²) in [5, 5.41) is 121. The minimum atomic E-state index is -1.99. The zero-order valence-electron chi connectivity index (χ0n) is 56.2. The second-order valence-corrected chi connectivity index (χ2v) is 24.6. The fourth-order valence-electron chi connectivity index (χ4n) is 11.1. The topological polar surface area (TPSA) is 307 Å². The lowest BCUT2D eigenvalue weighted by Gasteiger charge is -2.48. The van der Waals surface area contributed by atoms with E-state index in [4.69, 9.17) is 28.4 Å². The standard InChI is InChI=1S/C74H123NO18/c1-3-5-7-9-11-13-15-17-19-21-23-24-25-26-27-28-29-30-31-32-34-36-38-40-42-44-46-48-50-52-62(80)75-57(58(79)51-49-47-45-43-41-39-37-35-33-22-20-18-16-14-12-10-8-6-4-2)56-88-72-68(86)65(83)70(60(54-77)90-72)93-74-69(87)66(84)71(61(55-78)91-74)92-73-67(85)64(82)63(81)59(53-76)89-73/h5,7,11,13,17,19,23-24,26-27,29-30,32,34,38,40,44,46,49,51,57-61,63-74,76-79,81-87H,3-4,6,8-10,12,14-16,18,20-22,25,28,31,33,35-37,39,41-43,45,47-48,50,52-56H2,1-2H3,(H,75,80)/b7-5-,13-11-,19-17-,24-23-,27-26-,30-29-,34-32-,40-38-,46-44-,51-49+. The SMILES string of the molecule is CC/C=C\C/C=C\C/C=C\C/C=C\C/C=C\C/C=C\C/C=C\C/C=C\C/C=C\CCCC(=O)NC(COC1OC(CO)C(OC2OC(CO)C(OC3OC(CO)C(O)C(O)C3O)C(O)C2O)C(O)C1O)C(O)/C=C/CCCCCCCCCCCCCCCCCCC. The molecule has 12 N–H and O–H groups in total. The third-order valence-electron chi connectivity index (χ3n) is 16.8. The summed E-state index contributed by atoms with van der Waals surface area (Å²) >= 11 is 0. The van der Waals surface area contributed by atoms with E-state index in [1.54, 1.807) is 6.08 Å². The average Bonchev–Trinajstić information content (AvgIpc) is 1.00. The third kappa shape index (κ3) is 35.8. The molecule has 3 rings (SSSR count). The molecule has 3 aliphatic rings. The first-order valence-electron chi connectivity index (χ1n) is 35.3. The quantitative estimate of drug-likeness (QED) is 0.0199. The molecule has 0 radical (unpaired) electrons. The normalized spacial score (nSPS) is 28.3. The second-order valence-electron chi connectivity index (χ2n) is 24.6. The van der Waals surface area contributed by atoms with Gasteiger partial charge in [-0.15, -0.1) is 0 Å². The van der Waals surface area contributed by atoms with Gasteiger partial charge in [0.05, 0.1) is 38.6 Å². The van der Waals surface area contributed by atoms with E-state index in [0.29, 0.717) is 12.8 Å². The number of allylic oxidation sites excluding steroid dienone is 19. The number of carbonyl (C=O) groups is 1. The van der Waals surface area contributed by atoms with Gasteiger partial charge in [-0.25, -0.2) is 0 Å². The Morgan fingerprint density at radius 1 is 0.398 bits per heavy atom. The van der Waals surface area contributed by atoms with Gasteiger partial charge < -0.3 is 89.9 Å². The van der Waals surface area contributed by atoms with Gasteiger partial charge in [-0.1, -0.05) is 238 Å². The van der Waals surface area contributed by atoms with Crippen LogP contribution in [0.15, 0.2) is 122 Å². The molecule has 17 atom stereocenters. The highest BCUT2D eigenvalue weighted by Gasteiger charge is 2.53. The van der Waals surface area contributed by atoms with Crippen molar-refractivity contribution in [1.29, 1.82) is 0 Å². The number of hydrogen-bond acceptors (Lipinski definition) is 18. The fourth-order valence-corrected chi connectivity index (χ4v) is 11.1. The highest BCUT2D eigenvalue weighted by atomic mass is 16.8. The Hall–Kier alpha value is -3.81. The molecule has 3 fully saturated rings. The van der Waals surface area contributed by atoms with Gasteiger partial charge in [-0.2, -0.15) is 0 Å². The van der Waals surface area contributed by atoms with Gasteiger partial charge in [0.1, 0.15) is 73.2 Å². The van der Waals surface area contributed by atoms with Crippen LogP contribution < -0.4 is 5.32 Å². The lowest BCUT2D eigenvalue weighted by Crippen LogP contribution is -2.66. The fraction of sp³-hybridized carbons (Fsp3) is 0.716. The molecule has 0 aromatic rings. The molecule has 0 aromatic heterocycles. The Bertz CT molecular complexity index is 2160. The molecule has 19 nitrogen and oxygen atoms in total. The number of aliphatic hydroxyl groups is 11. The van der Waals surface area contributed by atoms with E-state index in [2.05, 4.69) is 122 Å². The molecule has 0 saturated carbocycles. The van der Waals surface area contributed by atoms with Crippen LogP contribution in [0, 0.1) is 0 Å². The number of nitrogens with one attached hydrogen (secondary N) is 1. The maximum atomic E-state index is 13.4. The Kier molecular flexibility index (Phi) is 48.6. The Morgan fingerprint density at radius 3 is 1.15 bits per heavy atom. The number of hydrogen-bond donors (Lipinski definition) is 12. The molecular formula is C74H123NO18. The zero-order chi connectivity index (χ0) is 67.5. The van der Waals surface area contributed by atoms with Crippen LogP contribution in [0.1, 0.15) is 206 Å². The van der Waals surface area contributed by atoms with Gasteiger partial charge in [-0.05, 0) is 83.5 Å². The van der Waals surface area contributed by atoms with Gasteiger partial charge in [0, 0.05) is 6.42 Å². The molecule has 93 heavy (non-hydrogen) atoms. The highest BCUT2D eigenvalue weighted by molar-refractivity contribution is 5.76. The predicted octanol–water partition coefficient (Wildman–Crippen LogP) is 9.60. The Morgan fingerprint density at radius 2 is 0.742 bits per heavy atom. The third-order valence-corrected chi connectivity index (χ3v) is 16.8. The highest BCUT2D eigenvalue weighted by Crippen LogP contribution is 2.33. The molecule has 0 aliphatic carbocycles. The number of ether oxygens (including phenoxy) is 6. The van der Waals surface area contributed by atoms with Crippen LogP contribution in [-0.2, 0) is 33.2 Å². The lowest BCUT2D eigenvalue weighted by molar-refractivity contribution is -0.379. The van der Waals surface area contributed by atoms with Crippen LogP contribution in [0.3, 0.4) is 0 Å². The molecule has 0 bridgehead atoms. The Balaban J connectivity index is 1.46.